The van der Waals surface area contributed by atoms with Crippen molar-refractivity contribution in [2.24, 2.45) is 5.41 Å². The van der Waals surface area contributed by atoms with Crippen LogP contribution in [0.1, 0.15) is 38.1 Å². The van der Waals surface area contributed by atoms with Gasteiger partial charge in [-0.05, 0) is 45.9 Å². The largest absolute Gasteiger partial charge is 0.465 e. The molecule has 0 aliphatic carbocycles. The second kappa shape index (κ2) is 7.76. The van der Waals surface area contributed by atoms with Gasteiger partial charge in [-0.2, -0.15) is 0 Å². The van der Waals surface area contributed by atoms with Crippen molar-refractivity contribution in [3.63, 3.8) is 0 Å². The molecule has 2 amide bonds. The molecule has 1 rings (SSSR count). The first-order chi connectivity index (χ1) is 10.8. The Bertz CT molecular complexity index is 592. The number of carbonyl (C=O) groups is 3. The van der Waals surface area contributed by atoms with Gasteiger partial charge >= 0.3 is 5.97 Å². The topological polar surface area (TPSA) is 75.7 Å². The molecule has 0 atom stereocenters. The van der Waals surface area contributed by atoms with Crippen LogP contribution in [0.25, 0.3) is 0 Å². The van der Waals surface area contributed by atoms with Crippen molar-refractivity contribution in [3.8, 4) is 0 Å². The Morgan fingerprint density at radius 3 is 2.30 bits per heavy atom. The average Bonchev–Trinajstić information content (AvgIpc) is 2.55. The summed E-state index contributed by atoms with van der Waals surface area (Å²) in [6.07, 6.45) is 0. The molecule has 6 nitrogen and oxygen atoms in total. The Morgan fingerprint density at radius 2 is 1.78 bits per heavy atom. The number of ether oxygens (including phenoxy) is 1. The first kappa shape index (κ1) is 18.7. The van der Waals surface area contributed by atoms with Gasteiger partial charge in [0.15, 0.2) is 0 Å². The fourth-order valence-electron chi connectivity index (χ4n) is 2.13. The fraction of sp³-hybridized carbons (Fsp3) is 0.471. The highest BCUT2D eigenvalue weighted by Crippen LogP contribution is 2.22. The molecule has 0 aliphatic heterocycles. The minimum Gasteiger partial charge on any atom is -0.465 e. The molecule has 0 fully saturated rings. The third-order valence-corrected chi connectivity index (χ3v) is 3.69. The van der Waals surface area contributed by atoms with Crippen molar-refractivity contribution in [2.75, 3.05) is 25.5 Å². The predicted molar refractivity (Wildman–Crippen MR) is 88.1 cm³/mol. The summed E-state index contributed by atoms with van der Waals surface area (Å²) in [5.74, 6) is -1.14. The highest BCUT2D eigenvalue weighted by molar-refractivity contribution is 6.10. The Hall–Kier alpha value is -2.37. The van der Waals surface area contributed by atoms with Gasteiger partial charge in [0.05, 0.1) is 12.7 Å². The number of hydrogen-bond acceptors (Lipinski definition) is 4. The van der Waals surface area contributed by atoms with E-state index in [1.807, 2.05) is 13.8 Å². The molecule has 0 heterocycles. The van der Waals surface area contributed by atoms with Crippen LogP contribution in [0.4, 0.5) is 5.69 Å². The Balaban J connectivity index is 2.94. The van der Waals surface area contributed by atoms with Gasteiger partial charge in [0.25, 0.3) is 0 Å². The molecule has 0 saturated heterocycles. The van der Waals surface area contributed by atoms with Crippen molar-refractivity contribution >= 4 is 23.5 Å². The number of hydrogen-bond donors (Lipinski definition) is 1. The first-order valence-electron chi connectivity index (χ1n) is 7.57. The van der Waals surface area contributed by atoms with E-state index in [2.05, 4.69) is 10.1 Å². The number of nitrogens with zero attached hydrogens (tertiary/aromatic N) is 1. The van der Waals surface area contributed by atoms with Crippen LogP contribution in [0.5, 0.6) is 0 Å². The van der Waals surface area contributed by atoms with Gasteiger partial charge < -0.3 is 15.0 Å². The summed E-state index contributed by atoms with van der Waals surface area (Å²) in [4.78, 5) is 38.1. The predicted octanol–water partition coefficient (Wildman–Crippen LogP) is 2.31. The van der Waals surface area contributed by atoms with Gasteiger partial charge in [0.2, 0.25) is 11.8 Å². The third kappa shape index (κ3) is 4.31. The lowest BCUT2D eigenvalue weighted by Crippen LogP contribution is -2.47. The van der Waals surface area contributed by atoms with Crippen molar-refractivity contribution in [2.45, 2.75) is 27.7 Å². The Morgan fingerprint density at radius 1 is 1.17 bits per heavy atom. The standard InChI is InChI=1S/C17H24N2O4/c1-6-19(7-2)16(22)17(3,4)15(21)18-13-10-8-9-12(11-13)14(20)23-5/h8-11H,6-7H2,1-5H3,(H,18,21). The maximum atomic E-state index is 12.5. The second-order valence-corrected chi connectivity index (χ2v) is 5.63. The van der Waals surface area contributed by atoms with E-state index in [0.29, 0.717) is 24.3 Å². The number of methoxy groups -OCH3 is 1. The van der Waals surface area contributed by atoms with Gasteiger partial charge in [-0.1, -0.05) is 6.07 Å². The number of benzene rings is 1. The zero-order valence-corrected chi connectivity index (χ0v) is 14.3. The molecule has 1 aromatic carbocycles. The fourth-order valence-corrected chi connectivity index (χ4v) is 2.13. The monoisotopic (exact) mass is 320 g/mol. The molecule has 1 N–H and O–H groups in total. The number of rotatable bonds is 6. The smallest absolute Gasteiger partial charge is 0.337 e. The number of carbonyl (C=O) groups excluding carboxylic acids is 3. The molecule has 0 unspecified atom stereocenters. The molecule has 0 saturated carbocycles. The lowest BCUT2D eigenvalue weighted by molar-refractivity contribution is -0.146. The van der Waals surface area contributed by atoms with Crippen LogP contribution in [-0.4, -0.2) is 42.9 Å². The van der Waals surface area contributed by atoms with E-state index >= 15 is 0 Å². The zero-order chi connectivity index (χ0) is 17.6. The SMILES string of the molecule is CCN(CC)C(=O)C(C)(C)C(=O)Nc1cccc(C(=O)OC)c1. The molecule has 0 bridgehead atoms. The maximum absolute atomic E-state index is 12.5. The quantitative estimate of drug-likeness (QED) is 0.644. The summed E-state index contributed by atoms with van der Waals surface area (Å²) >= 11 is 0. The van der Waals surface area contributed by atoms with Gasteiger partial charge in [0, 0.05) is 18.8 Å². The van der Waals surface area contributed by atoms with E-state index in [4.69, 9.17) is 0 Å². The van der Waals surface area contributed by atoms with E-state index in [0.717, 1.165) is 0 Å². The summed E-state index contributed by atoms with van der Waals surface area (Å²) in [6.45, 7) is 8.01. The van der Waals surface area contributed by atoms with Crippen LogP contribution in [0.2, 0.25) is 0 Å². The summed E-state index contributed by atoms with van der Waals surface area (Å²) in [5.41, 5.74) is -0.427. The maximum Gasteiger partial charge on any atom is 0.337 e. The van der Waals surface area contributed by atoms with Crippen molar-refractivity contribution in [3.05, 3.63) is 29.8 Å². The molecule has 0 aliphatic rings. The molecule has 0 spiro atoms. The summed E-state index contributed by atoms with van der Waals surface area (Å²) in [7, 11) is 1.29. The van der Waals surface area contributed by atoms with Gasteiger partial charge in [-0.15, -0.1) is 0 Å². The molecule has 126 valence electrons. The van der Waals surface area contributed by atoms with Crippen molar-refractivity contribution < 1.29 is 19.1 Å². The third-order valence-electron chi connectivity index (χ3n) is 3.69. The van der Waals surface area contributed by atoms with Crippen molar-refractivity contribution in [1.29, 1.82) is 0 Å². The van der Waals surface area contributed by atoms with Crippen LogP contribution < -0.4 is 5.32 Å². The van der Waals surface area contributed by atoms with Crippen LogP contribution in [-0.2, 0) is 14.3 Å². The average molecular weight is 320 g/mol. The van der Waals surface area contributed by atoms with E-state index in [-0.39, 0.29) is 5.91 Å². The molecule has 1 aromatic rings. The molecule has 23 heavy (non-hydrogen) atoms. The van der Waals surface area contributed by atoms with Crippen LogP contribution in [0.15, 0.2) is 24.3 Å². The molecular formula is C17H24N2O4. The zero-order valence-electron chi connectivity index (χ0n) is 14.3. The molecule has 6 heteroatoms. The van der Waals surface area contributed by atoms with Crippen LogP contribution in [0, 0.1) is 5.41 Å². The number of nitrogens with one attached hydrogen (secondary N) is 1. The molecule has 0 aromatic heterocycles. The van der Waals surface area contributed by atoms with Gasteiger partial charge in [-0.25, -0.2) is 4.79 Å². The normalized spacial score (nSPS) is 10.8. The summed E-state index contributed by atoms with van der Waals surface area (Å²) < 4.78 is 4.65. The molecular weight excluding hydrogens is 296 g/mol. The Kier molecular flexibility index (Phi) is 6.30. The van der Waals surface area contributed by atoms with E-state index in [1.54, 1.807) is 36.9 Å². The number of esters is 1. The second-order valence-electron chi connectivity index (χ2n) is 5.63. The highest BCUT2D eigenvalue weighted by atomic mass is 16.5. The van der Waals surface area contributed by atoms with Crippen LogP contribution in [0.3, 0.4) is 0 Å². The van der Waals surface area contributed by atoms with E-state index in [9.17, 15) is 14.4 Å². The van der Waals surface area contributed by atoms with E-state index < -0.39 is 17.3 Å². The highest BCUT2D eigenvalue weighted by Gasteiger charge is 2.38. The number of amides is 2. The minimum atomic E-state index is -1.20. The Labute approximate surface area is 136 Å². The van der Waals surface area contributed by atoms with Gasteiger partial charge in [0.1, 0.15) is 5.41 Å². The van der Waals surface area contributed by atoms with Crippen LogP contribution >= 0.6 is 0 Å². The van der Waals surface area contributed by atoms with Gasteiger partial charge in [-0.3, -0.25) is 9.59 Å². The summed E-state index contributed by atoms with van der Waals surface area (Å²) in [5, 5.41) is 2.69. The van der Waals surface area contributed by atoms with E-state index in [1.165, 1.54) is 13.2 Å². The minimum absolute atomic E-state index is 0.232. The molecule has 0 radical (unpaired) electrons. The lowest BCUT2D eigenvalue weighted by Gasteiger charge is -2.29. The summed E-state index contributed by atoms with van der Waals surface area (Å²) in [6, 6.07) is 6.40. The number of anilines is 1. The lowest BCUT2D eigenvalue weighted by atomic mass is 9.90. The van der Waals surface area contributed by atoms with Crippen molar-refractivity contribution in [1.82, 2.24) is 4.90 Å². The first-order valence-corrected chi connectivity index (χ1v) is 7.57.